The van der Waals surface area contributed by atoms with E-state index < -0.39 is 45.1 Å². The first-order valence-electron chi connectivity index (χ1n) is 4.34. The van der Waals surface area contributed by atoms with Crippen LogP contribution in [0.25, 0.3) is 0 Å². The van der Waals surface area contributed by atoms with Gasteiger partial charge in [-0.25, -0.2) is 0 Å². The summed E-state index contributed by atoms with van der Waals surface area (Å²) in [4.78, 5) is 10.6. The fourth-order valence-corrected chi connectivity index (χ4v) is 2.23. The Balaban J connectivity index is 4.63. The Morgan fingerprint density at radius 3 is 1.56 bits per heavy atom. The van der Waals surface area contributed by atoms with Gasteiger partial charge in [0.2, 0.25) is 0 Å². The van der Waals surface area contributed by atoms with Crippen molar-refractivity contribution in [1.82, 2.24) is 0 Å². The van der Waals surface area contributed by atoms with Gasteiger partial charge < -0.3 is 0 Å². The highest BCUT2D eigenvalue weighted by molar-refractivity contribution is 7.54. The van der Waals surface area contributed by atoms with Gasteiger partial charge in [0, 0.05) is 0 Å². The average molecular weight is 302 g/mol. The van der Waals surface area contributed by atoms with Crippen molar-refractivity contribution < 1.29 is 44.7 Å². The third kappa shape index (κ3) is 9.43. The van der Waals surface area contributed by atoms with E-state index in [4.69, 9.17) is 0 Å². The molecule has 0 saturated carbocycles. The minimum atomic E-state index is -4.89. The van der Waals surface area contributed by atoms with Gasteiger partial charge in [-0.1, -0.05) is 0 Å². The lowest BCUT2D eigenvalue weighted by molar-refractivity contribution is -0.165. The smallest absolute Gasteiger partial charge is 0.299 e. The molecule has 0 aromatic heterocycles. The van der Waals surface area contributed by atoms with Gasteiger partial charge in [0.15, 0.2) is 13.2 Å². The third-order valence-electron chi connectivity index (χ3n) is 1.27. The van der Waals surface area contributed by atoms with E-state index in [9.17, 15) is 35.7 Å². The summed E-state index contributed by atoms with van der Waals surface area (Å²) < 4.78 is 89.8. The number of rotatable bonds is 6. The summed E-state index contributed by atoms with van der Waals surface area (Å²) in [6, 6.07) is 0. The summed E-state index contributed by atoms with van der Waals surface area (Å²) in [6.45, 7) is -3.29. The van der Waals surface area contributed by atoms with Crippen LogP contribution in [0.1, 0.15) is 6.92 Å². The second-order valence-corrected chi connectivity index (χ2v) is 5.30. The van der Waals surface area contributed by atoms with Crippen molar-refractivity contribution in [3.63, 3.8) is 0 Å². The molecule has 0 aliphatic carbocycles. The fourth-order valence-electron chi connectivity index (χ4n) is 0.744. The Kier molecular flexibility index (Phi) is 5.83. The van der Waals surface area contributed by atoms with E-state index in [1.165, 1.54) is 0 Å². The molecule has 0 amide bonds. The van der Waals surface area contributed by atoms with Crippen LogP contribution in [0.2, 0.25) is 0 Å². The molecule has 0 aliphatic heterocycles. The minimum Gasteiger partial charge on any atom is -0.299 e. The largest absolute Gasteiger partial charge is 0.412 e. The number of halogens is 6. The summed E-state index contributed by atoms with van der Waals surface area (Å²) in [5.74, 6) is -0.914. The summed E-state index contributed by atoms with van der Waals surface area (Å²) in [7, 11) is -4.76. The summed E-state index contributed by atoms with van der Waals surface area (Å²) >= 11 is 0. The van der Waals surface area contributed by atoms with Gasteiger partial charge in [0.1, 0.15) is 11.9 Å². The Morgan fingerprint density at radius 1 is 1.00 bits per heavy atom. The van der Waals surface area contributed by atoms with Crippen LogP contribution in [0.4, 0.5) is 26.3 Å². The molecule has 0 aromatic rings. The number of hydrogen-bond donors (Lipinski definition) is 0. The molecule has 0 N–H and O–H groups in total. The van der Waals surface area contributed by atoms with Crippen molar-refractivity contribution >= 4 is 13.4 Å². The zero-order valence-corrected chi connectivity index (χ0v) is 9.86. The summed E-state index contributed by atoms with van der Waals surface area (Å²) in [6.07, 6.45) is -10.9. The van der Waals surface area contributed by atoms with Gasteiger partial charge in [-0.3, -0.25) is 18.4 Å². The van der Waals surface area contributed by atoms with E-state index in [2.05, 4.69) is 9.05 Å². The van der Waals surface area contributed by atoms with Crippen molar-refractivity contribution in [3.8, 4) is 0 Å². The zero-order valence-electron chi connectivity index (χ0n) is 8.97. The Morgan fingerprint density at radius 2 is 1.33 bits per heavy atom. The van der Waals surface area contributed by atoms with Gasteiger partial charge in [-0.15, -0.1) is 0 Å². The van der Waals surface area contributed by atoms with Crippen LogP contribution in [-0.2, 0) is 18.4 Å². The predicted molar refractivity (Wildman–Crippen MR) is 47.2 cm³/mol. The Labute approximate surface area is 97.8 Å². The maximum absolute atomic E-state index is 11.8. The van der Waals surface area contributed by atoms with E-state index >= 15 is 0 Å². The minimum absolute atomic E-state index is 0.834. The first-order valence-corrected chi connectivity index (χ1v) is 6.07. The van der Waals surface area contributed by atoms with E-state index in [1.54, 1.807) is 0 Å². The highest BCUT2D eigenvalue weighted by atomic mass is 31.2. The van der Waals surface area contributed by atoms with Crippen LogP contribution in [0, 0.1) is 0 Å². The van der Waals surface area contributed by atoms with E-state index in [-0.39, 0.29) is 0 Å². The summed E-state index contributed by atoms with van der Waals surface area (Å²) in [5, 5.41) is 0. The van der Waals surface area contributed by atoms with Crippen LogP contribution in [0.5, 0.6) is 0 Å². The first-order chi connectivity index (χ1) is 7.83. The van der Waals surface area contributed by atoms with Crippen LogP contribution in [0.15, 0.2) is 0 Å². The molecule has 0 aliphatic rings. The molecule has 0 bridgehead atoms. The monoisotopic (exact) mass is 302 g/mol. The molecule has 0 unspecified atom stereocenters. The normalized spacial score (nSPS) is 13.7. The van der Waals surface area contributed by atoms with Crippen molar-refractivity contribution in [1.29, 1.82) is 0 Å². The first kappa shape index (κ1) is 17.4. The molecule has 0 aromatic carbocycles. The van der Waals surface area contributed by atoms with Crippen LogP contribution in [0.3, 0.4) is 0 Å². The number of hydrogen-bond acceptors (Lipinski definition) is 4. The summed E-state index contributed by atoms with van der Waals surface area (Å²) in [5.41, 5.74) is 0. The number of alkyl halides is 6. The van der Waals surface area contributed by atoms with E-state index in [0.717, 1.165) is 6.92 Å². The van der Waals surface area contributed by atoms with Gasteiger partial charge in [-0.2, -0.15) is 26.3 Å². The molecule has 0 saturated heterocycles. The van der Waals surface area contributed by atoms with Crippen LogP contribution < -0.4 is 0 Å². The molecule has 18 heavy (non-hydrogen) atoms. The number of ketones is 1. The second kappa shape index (κ2) is 6.03. The van der Waals surface area contributed by atoms with Gasteiger partial charge in [-0.05, 0) is 6.92 Å². The fraction of sp³-hybridized carbons (Fsp3) is 0.857. The molecular formula is C7H9F6O4P. The third-order valence-corrected chi connectivity index (χ3v) is 3.14. The van der Waals surface area contributed by atoms with Gasteiger partial charge >= 0.3 is 19.9 Å². The molecule has 0 atom stereocenters. The maximum Gasteiger partial charge on any atom is 0.412 e. The molecular weight excluding hydrogens is 293 g/mol. The molecule has 0 spiro atoms. The van der Waals surface area contributed by atoms with Crippen LogP contribution >= 0.6 is 7.60 Å². The standard InChI is InChI=1S/C7H9F6O4P/c1-5(14)2-18(15,16-3-6(8,9)10)17-4-7(11,12)13/h2-4H2,1H3. The lowest BCUT2D eigenvalue weighted by Gasteiger charge is -2.19. The Bertz CT molecular complexity index is 314. The van der Waals surface area contributed by atoms with Crippen molar-refractivity contribution in [3.05, 3.63) is 0 Å². The highest BCUT2D eigenvalue weighted by Crippen LogP contribution is 2.50. The van der Waals surface area contributed by atoms with E-state index in [0.29, 0.717) is 0 Å². The zero-order chi connectivity index (χ0) is 14.6. The lowest BCUT2D eigenvalue weighted by Crippen LogP contribution is -2.21. The van der Waals surface area contributed by atoms with Crippen molar-refractivity contribution in [2.45, 2.75) is 19.3 Å². The van der Waals surface area contributed by atoms with E-state index in [1.807, 2.05) is 0 Å². The number of carbonyl (C=O) groups excluding carboxylic acids is 1. The topological polar surface area (TPSA) is 52.6 Å². The average Bonchev–Trinajstić information content (AvgIpc) is 2.09. The molecule has 0 heterocycles. The second-order valence-electron chi connectivity index (χ2n) is 3.25. The molecule has 11 heteroatoms. The highest BCUT2D eigenvalue weighted by Gasteiger charge is 2.39. The molecule has 0 radical (unpaired) electrons. The molecule has 108 valence electrons. The van der Waals surface area contributed by atoms with Crippen LogP contribution in [-0.4, -0.2) is 37.5 Å². The van der Waals surface area contributed by atoms with Gasteiger partial charge in [0.05, 0.1) is 0 Å². The number of carbonyl (C=O) groups is 1. The molecule has 0 rings (SSSR count). The number of Topliss-reactive ketones (excluding diaryl/α,β-unsaturated/α-hetero) is 1. The maximum atomic E-state index is 11.8. The lowest BCUT2D eigenvalue weighted by atomic mass is 10.5. The predicted octanol–water partition coefficient (Wildman–Crippen LogP) is 2.93. The van der Waals surface area contributed by atoms with Crippen molar-refractivity contribution in [2.75, 3.05) is 19.4 Å². The van der Waals surface area contributed by atoms with Gasteiger partial charge in [0.25, 0.3) is 0 Å². The molecule has 0 fully saturated rings. The SMILES string of the molecule is CC(=O)CP(=O)(OCC(F)(F)F)OCC(F)(F)F. The molecule has 4 nitrogen and oxygen atoms in total. The Hall–Kier alpha value is -0.600. The quantitative estimate of drug-likeness (QED) is 0.559. The van der Waals surface area contributed by atoms with Crippen molar-refractivity contribution in [2.24, 2.45) is 0 Å².